The molecule has 29 heavy (non-hydrogen) atoms. The van der Waals surface area contributed by atoms with Crippen molar-refractivity contribution in [2.24, 2.45) is 4.99 Å². The first-order chi connectivity index (χ1) is 13.5. The van der Waals surface area contributed by atoms with Crippen LogP contribution in [-0.4, -0.2) is 20.1 Å². The van der Waals surface area contributed by atoms with Crippen LogP contribution in [0.3, 0.4) is 0 Å². The van der Waals surface area contributed by atoms with E-state index in [1.54, 1.807) is 19.2 Å². The van der Waals surface area contributed by atoms with Gasteiger partial charge >= 0.3 is 29.6 Å². The van der Waals surface area contributed by atoms with Gasteiger partial charge in [0.25, 0.3) is 0 Å². The maximum absolute atomic E-state index is 11.8. The topological polar surface area (TPSA) is 104 Å². The molecule has 1 heterocycles. The number of hydrogen-bond acceptors (Lipinski definition) is 6. The standard InChI is InChI=1S/C22H19N3O3.Na/c1-24-13-4-7-16-19(10-13)28-20-11-14(25-2)5-8-17(20)21(16)15-6-3-12(23)9-18(15)22(26)27;/h3-11,24H,23H2,1-2H3,(H,26,27);/q;+1/p-1. The predicted octanol–water partition coefficient (Wildman–Crippen LogP) is -0.273. The van der Waals surface area contributed by atoms with Crippen LogP contribution in [0.2, 0.25) is 0 Å². The number of nitrogens with two attached hydrogens (primary N) is 1. The predicted molar refractivity (Wildman–Crippen MR) is 108 cm³/mol. The Labute approximate surface area is 189 Å². The number of nitrogens with one attached hydrogen (secondary N) is 1. The van der Waals surface area contributed by atoms with Gasteiger partial charge in [-0.3, -0.25) is 4.99 Å². The van der Waals surface area contributed by atoms with Gasteiger partial charge in [-0.1, -0.05) is 6.07 Å². The molecule has 6 nitrogen and oxygen atoms in total. The molecular formula is C22H18N3NaO3. The van der Waals surface area contributed by atoms with E-state index < -0.39 is 5.97 Å². The monoisotopic (exact) mass is 395 g/mol. The first kappa shape index (κ1) is 20.9. The van der Waals surface area contributed by atoms with Crippen molar-refractivity contribution in [2.75, 3.05) is 25.1 Å². The number of rotatable bonds is 3. The quantitative estimate of drug-likeness (QED) is 0.282. The van der Waals surface area contributed by atoms with Crippen LogP contribution in [0, 0.1) is 0 Å². The summed E-state index contributed by atoms with van der Waals surface area (Å²) in [4.78, 5) is 16.0. The fourth-order valence-corrected chi connectivity index (χ4v) is 3.41. The smallest absolute Gasteiger partial charge is 0.545 e. The molecular weight excluding hydrogens is 377 g/mol. The van der Waals surface area contributed by atoms with E-state index in [0.717, 1.165) is 27.6 Å². The number of carbonyl (C=O) groups is 1. The molecule has 1 aliphatic carbocycles. The van der Waals surface area contributed by atoms with Gasteiger partial charge in [-0.15, -0.1) is 0 Å². The number of nitrogen functional groups attached to an aromatic ring is 1. The Kier molecular flexibility index (Phi) is 5.98. The molecule has 0 saturated heterocycles. The van der Waals surface area contributed by atoms with Crippen LogP contribution in [0.25, 0.3) is 33.4 Å². The number of carbonyl (C=O) groups excluding carboxylic acids is 1. The molecule has 0 unspecified atom stereocenters. The third-order valence-corrected chi connectivity index (χ3v) is 4.79. The summed E-state index contributed by atoms with van der Waals surface area (Å²) < 4.78 is 6.13. The molecule has 140 valence electrons. The normalized spacial score (nSPS) is 11.4. The van der Waals surface area contributed by atoms with Crippen molar-refractivity contribution in [2.45, 2.75) is 0 Å². The van der Waals surface area contributed by atoms with E-state index in [-0.39, 0.29) is 35.1 Å². The molecule has 7 heteroatoms. The Hall–Kier alpha value is -2.80. The Balaban J connectivity index is 0.00000240. The van der Waals surface area contributed by atoms with Crippen molar-refractivity contribution < 1.29 is 43.9 Å². The number of aromatic carboxylic acids is 1. The summed E-state index contributed by atoms with van der Waals surface area (Å²) in [6, 6.07) is 16.1. The van der Waals surface area contributed by atoms with Crippen molar-refractivity contribution in [3.8, 4) is 22.5 Å². The maximum atomic E-state index is 11.8. The summed E-state index contributed by atoms with van der Waals surface area (Å²) in [6.45, 7) is 0. The number of fused-ring (bicyclic) bond motifs is 2. The van der Waals surface area contributed by atoms with E-state index in [0.29, 0.717) is 22.6 Å². The van der Waals surface area contributed by atoms with Crippen LogP contribution in [0.1, 0.15) is 10.4 Å². The minimum Gasteiger partial charge on any atom is -0.545 e. The number of carboxylic acid groups (broad SMARTS) is 1. The van der Waals surface area contributed by atoms with E-state index >= 15 is 0 Å². The van der Waals surface area contributed by atoms with Crippen molar-refractivity contribution >= 4 is 28.3 Å². The third-order valence-electron chi connectivity index (χ3n) is 4.79. The first-order valence-corrected chi connectivity index (χ1v) is 8.74. The Morgan fingerprint density at radius 3 is 2.52 bits per heavy atom. The van der Waals surface area contributed by atoms with Crippen LogP contribution in [0.15, 0.2) is 64.0 Å². The van der Waals surface area contributed by atoms with Crippen LogP contribution in [0.4, 0.5) is 11.4 Å². The summed E-state index contributed by atoms with van der Waals surface area (Å²) in [7, 11) is 3.53. The molecule has 0 fully saturated rings. The van der Waals surface area contributed by atoms with Crippen molar-refractivity contribution in [3.05, 3.63) is 65.5 Å². The minimum absolute atomic E-state index is 0. The van der Waals surface area contributed by atoms with E-state index in [9.17, 15) is 9.90 Å². The fraction of sp³-hybridized carbons (Fsp3) is 0.0909. The van der Waals surface area contributed by atoms with Gasteiger partial charge in [0.15, 0.2) is 0 Å². The van der Waals surface area contributed by atoms with E-state index in [1.807, 2.05) is 43.4 Å². The Morgan fingerprint density at radius 1 is 1.07 bits per heavy atom. The van der Waals surface area contributed by atoms with Gasteiger partial charge < -0.3 is 25.4 Å². The van der Waals surface area contributed by atoms with Gasteiger partial charge in [0.05, 0.1) is 11.3 Å². The molecule has 2 aliphatic rings. The Morgan fingerprint density at radius 2 is 1.83 bits per heavy atom. The number of anilines is 2. The van der Waals surface area contributed by atoms with Crippen molar-refractivity contribution in [1.82, 2.24) is 0 Å². The van der Waals surface area contributed by atoms with Gasteiger partial charge in [0, 0.05) is 59.7 Å². The summed E-state index contributed by atoms with van der Waals surface area (Å²) in [6.07, 6.45) is 0. The molecule has 0 aromatic heterocycles. The second-order valence-corrected chi connectivity index (χ2v) is 6.43. The molecule has 0 bridgehead atoms. The molecule has 0 atom stereocenters. The average molecular weight is 395 g/mol. The third kappa shape index (κ3) is 3.74. The van der Waals surface area contributed by atoms with Crippen LogP contribution >= 0.6 is 0 Å². The zero-order valence-corrected chi connectivity index (χ0v) is 18.4. The minimum atomic E-state index is -1.28. The summed E-state index contributed by atoms with van der Waals surface area (Å²) >= 11 is 0. The summed E-state index contributed by atoms with van der Waals surface area (Å²) in [5.41, 5.74) is 9.79. The largest absolute Gasteiger partial charge is 1.00 e. The van der Waals surface area contributed by atoms with E-state index in [4.69, 9.17) is 10.2 Å². The molecule has 0 radical (unpaired) electrons. The molecule has 2 aromatic carbocycles. The van der Waals surface area contributed by atoms with Crippen LogP contribution in [0.5, 0.6) is 0 Å². The molecule has 0 amide bonds. The fourth-order valence-electron chi connectivity index (χ4n) is 3.41. The molecule has 2 aromatic rings. The number of nitrogens with zero attached hydrogens (tertiary/aromatic N) is 1. The van der Waals surface area contributed by atoms with Gasteiger partial charge in [0.1, 0.15) is 11.3 Å². The zero-order chi connectivity index (χ0) is 19.8. The molecule has 3 N–H and O–H groups in total. The SMILES string of the molecule is CN=c1ccc2c(-c3ccc(N)cc3C(=O)[O-])c3ccc(NC)cc3oc-2c1.[Na+]. The summed E-state index contributed by atoms with van der Waals surface area (Å²) in [5.74, 6) is -0.670. The van der Waals surface area contributed by atoms with E-state index in [1.165, 1.54) is 6.07 Å². The average Bonchev–Trinajstić information content (AvgIpc) is 2.71. The van der Waals surface area contributed by atoms with E-state index in [2.05, 4.69) is 10.3 Å². The number of benzene rings is 3. The molecule has 4 rings (SSSR count). The molecule has 0 saturated carbocycles. The van der Waals surface area contributed by atoms with Crippen LogP contribution in [-0.2, 0) is 0 Å². The maximum Gasteiger partial charge on any atom is 1.00 e. The zero-order valence-electron chi connectivity index (χ0n) is 16.4. The van der Waals surface area contributed by atoms with Crippen molar-refractivity contribution in [3.63, 3.8) is 0 Å². The molecule has 0 spiro atoms. The van der Waals surface area contributed by atoms with Gasteiger partial charge in [-0.25, -0.2) is 0 Å². The second kappa shape index (κ2) is 8.29. The van der Waals surface area contributed by atoms with Gasteiger partial charge in [0.2, 0.25) is 0 Å². The summed E-state index contributed by atoms with van der Waals surface area (Å²) in [5, 5.41) is 16.5. The van der Waals surface area contributed by atoms with Gasteiger partial charge in [-0.05, 0) is 42.0 Å². The Bertz CT molecular complexity index is 1260. The first-order valence-electron chi connectivity index (χ1n) is 8.74. The van der Waals surface area contributed by atoms with Crippen molar-refractivity contribution in [1.29, 1.82) is 0 Å². The number of hydrogen-bond donors (Lipinski definition) is 2. The number of carboxylic acids is 1. The molecule has 1 aliphatic heterocycles. The second-order valence-electron chi connectivity index (χ2n) is 6.43. The van der Waals surface area contributed by atoms with Gasteiger partial charge in [-0.2, -0.15) is 0 Å². The van der Waals surface area contributed by atoms with Crippen LogP contribution < -0.4 is 51.1 Å².